The topological polar surface area (TPSA) is 134 Å². The van der Waals surface area contributed by atoms with E-state index in [0.717, 1.165) is 83.5 Å². The van der Waals surface area contributed by atoms with Crippen molar-refractivity contribution in [3.63, 3.8) is 0 Å². The van der Waals surface area contributed by atoms with E-state index in [1.807, 2.05) is 0 Å². The van der Waals surface area contributed by atoms with Gasteiger partial charge in [-0.1, -0.05) is 355 Å². The molecule has 9 nitrogen and oxygen atoms in total. The van der Waals surface area contributed by atoms with Crippen LogP contribution in [0.5, 0.6) is 0 Å². The highest BCUT2D eigenvalue weighted by Gasteiger charge is 2.26. The number of phosphoric ester groups is 1. The summed E-state index contributed by atoms with van der Waals surface area (Å²) >= 11 is 0. The summed E-state index contributed by atoms with van der Waals surface area (Å²) in [4.78, 5) is 35.4. The van der Waals surface area contributed by atoms with Gasteiger partial charge in [0.1, 0.15) is 6.61 Å². The molecule has 0 aliphatic rings. The average molecular weight is 1260 g/mol. The van der Waals surface area contributed by atoms with Crippen LogP contribution in [0.3, 0.4) is 0 Å². The number of rotatable bonds is 71. The molecule has 89 heavy (non-hydrogen) atoms. The quantitative estimate of drug-likeness (QED) is 0.0264. The van der Waals surface area contributed by atoms with Gasteiger partial charge >= 0.3 is 19.8 Å². The second-order valence-corrected chi connectivity index (χ2v) is 26.6. The highest BCUT2D eigenvalue weighted by molar-refractivity contribution is 7.47. The minimum atomic E-state index is -4.40. The molecule has 516 valence electrons. The summed E-state index contributed by atoms with van der Waals surface area (Å²) < 4.78 is 33.3. The number of nitrogens with two attached hydrogens (primary N) is 1. The van der Waals surface area contributed by atoms with Crippen molar-refractivity contribution in [2.24, 2.45) is 5.73 Å². The van der Waals surface area contributed by atoms with Gasteiger partial charge in [0, 0.05) is 19.4 Å². The maximum Gasteiger partial charge on any atom is 0.472 e. The van der Waals surface area contributed by atoms with Gasteiger partial charge in [-0.3, -0.25) is 18.6 Å². The van der Waals surface area contributed by atoms with Crippen molar-refractivity contribution in [1.82, 2.24) is 0 Å². The van der Waals surface area contributed by atoms with Gasteiger partial charge in [0.25, 0.3) is 0 Å². The Bertz CT molecular complexity index is 1780. The maximum atomic E-state index is 12.8. The van der Waals surface area contributed by atoms with Crippen LogP contribution in [0.25, 0.3) is 0 Å². The average Bonchev–Trinajstić information content (AvgIpc) is 3.68. The van der Waals surface area contributed by atoms with Crippen LogP contribution >= 0.6 is 7.82 Å². The van der Waals surface area contributed by atoms with Crippen molar-refractivity contribution in [2.75, 3.05) is 26.4 Å². The van der Waals surface area contributed by atoms with Crippen molar-refractivity contribution in [3.8, 4) is 0 Å². The van der Waals surface area contributed by atoms with Gasteiger partial charge in [-0.05, 0) is 89.9 Å². The third kappa shape index (κ3) is 73.9. The van der Waals surface area contributed by atoms with E-state index in [1.165, 1.54) is 244 Å². The monoisotopic (exact) mass is 1260 g/mol. The molecular weight excluding hydrogens is 1120 g/mol. The summed E-state index contributed by atoms with van der Waals surface area (Å²) in [5.74, 6) is -0.810. The zero-order valence-electron chi connectivity index (χ0n) is 58.2. The minimum absolute atomic E-state index is 0.0534. The summed E-state index contributed by atoms with van der Waals surface area (Å²) in [6, 6.07) is 0. The second kappa shape index (κ2) is 74.0. The van der Waals surface area contributed by atoms with Gasteiger partial charge in [0.05, 0.1) is 13.2 Å². The van der Waals surface area contributed by atoms with Crippen molar-refractivity contribution >= 4 is 19.8 Å². The number of phosphoric acid groups is 1. The summed E-state index contributed by atoms with van der Waals surface area (Å²) in [5.41, 5.74) is 5.41. The van der Waals surface area contributed by atoms with Gasteiger partial charge in [0.15, 0.2) is 6.10 Å². The Morgan fingerprint density at radius 3 is 0.865 bits per heavy atom. The normalized spacial score (nSPS) is 13.4. The van der Waals surface area contributed by atoms with Gasteiger partial charge in [-0.25, -0.2) is 4.57 Å². The lowest BCUT2D eigenvalue weighted by atomic mass is 10.0. The predicted molar refractivity (Wildman–Crippen MR) is 385 cm³/mol. The number of unbranched alkanes of at least 4 members (excludes halogenated alkanes) is 42. The molecule has 3 N–H and O–H groups in total. The third-order valence-corrected chi connectivity index (χ3v) is 17.4. The van der Waals surface area contributed by atoms with Crippen LogP contribution in [0.2, 0.25) is 0 Å². The smallest absolute Gasteiger partial charge is 0.462 e. The fourth-order valence-corrected chi connectivity index (χ4v) is 11.7. The summed E-state index contributed by atoms with van der Waals surface area (Å²) in [5, 5.41) is 0. The Labute approximate surface area is 550 Å². The molecule has 2 atom stereocenters. The van der Waals surface area contributed by atoms with Crippen LogP contribution < -0.4 is 5.73 Å². The number of hydrogen-bond donors (Lipinski definition) is 2. The van der Waals surface area contributed by atoms with E-state index in [9.17, 15) is 19.0 Å². The molecule has 0 saturated heterocycles. The van der Waals surface area contributed by atoms with E-state index in [-0.39, 0.29) is 38.6 Å². The van der Waals surface area contributed by atoms with Crippen molar-refractivity contribution in [3.05, 3.63) is 97.2 Å². The number of allylic oxidation sites excluding steroid dienone is 16. The zero-order valence-corrected chi connectivity index (χ0v) is 59.1. The van der Waals surface area contributed by atoms with Crippen molar-refractivity contribution in [2.45, 2.75) is 367 Å². The molecule has 10 heteroatoms. The summed E-state index contributed by atoms with van der Waals surface area (Å²) in [6.07, 6.45) is 101. The molecule has 0 aliphatic heterocycles. The fourth-order valence-electron chi connectivity index (χ4n) is 11.0. The first kappa shape index (κ1) is 85.9. The number of carbonyl (C=O) groups excluding carboxylic acids is 2. The number of esters is 2. The molecule has 0 heterocycles. The first-order chi connectivity index (χ1) is 43.8. The molecule has 0 aromatic rings. The standard InChI is InChI=1S/C79H142NO8P/c1-3-5-7-9-11-13-15-17-19-21-23-25-27-29-31-33-35-36-37-38-39-40-42-44-46-48-50-52-54-56-58-60-62-64-66-68-70-72-79(82)88-77(76-87-89(83,84)86-74-73-80)75-85-78(81)71-69-67-65-63-61-59-57-55-53-51-49-47-45-43-41-34-32-30-28-26-24-22-20-18-16-14-12-10-8-6-4-2/h5-8,11-14,17-20,23-26,77H,3-4,9-10,15-16,21-22,27-76,80H2,1-2H3,(H,83,84)/b7-5-,8-6-,13-11-,14-12-,19-17-,20-18-,25-23-,26-24-. The number of carbonyl (C=O) groups is 2. The van der Waals surface area contributed by atoms with Crippen LogP contribution in [0.15, 0.2) is 97.2 Å². The minimum Gasteiger partial charge on any atom is -0.462 e. The molecule has 0 fully saturated rings. The molecule has 0 rings (SSSR count). The maximum absolute atomic E-state index is 12.8. The Kier molecular flexibility index (Phi) is 71.4. The molecule has 0 aromatic carbocycles. The highest BCUT2D eigenvalue weighted by atomic mass is 31.2. The molecule has 0 aliphatic carbocycles. The fraction of sp³-hybridized carbons (Fsp3) is 0.772. The van der Waals surface area contributed by atoms with Gasteiger partial charge in [-0.15, -0.1) is 0 Å². The lowest BCUT2D eigenvalue weighted by molar-refractivity contribution is -0.161. The summed E-state index contributed by atoms with van der Waals surface area (Å²) in [6.45, 7) is 3.57. The van der Waals surface area contributed by atoms with E-state index in [1.54, 1.807) is 0 Å². The lowest BCUT2D eigenvalue weighted by Crippen LogP contribution is -2.29. The van der Waals surface area contributed by atoms with Gasteiger partial charge < -0.3 is 20.1 Å². The molecular formula is C79H142NO8P. The first-order valence-corrected chi connectivity index (χ1v) is 39.2. The van der Waals surface area contributed by atoms with E-state index in [0.29, 0.717) is 6.42 Å². The summed E-state index contributed by atoms with van der Waals surface area (Å²) in [7, 11) is -4.40. The number of hydrogen-bond acceptors (Lipinski definition) is 8. The Balaban J connectivity index is 3.79. The van der Waals surface area contributed by atoms with E-state index in [2.05, 4.69) is 111 Å². The van der Waals surface area contributed by atoms with Crippen LogP contribution in [0, 0.1) is 0 Å². The largest absolute Gasteiger partial charge is 0.472 e. The molecule has 0 aromatic heterocycles. The first-order valence-electron chi connectivity index (χ1n) is 37.7. The SMILES string of the molecule is CC/C=C\C/C=C\C/C=C\C/C=C\CCCCCCCCCCCCCCCCCCCCCCCCCCC(=O)OC(COC(=O)CCCCCCCCCCCCCCCCCCCC/C=C\C/C=C\C/C=C\C/C=C\CC)COP(=O)(O)OCCN. The Hall–Kier alpha value is -3.07. The lowest BCUT2D eigenvalue weighted by Gasteiger charge is -2.19. The zero-order chi connectivity index (χ0) is 64.4. The van der Waals surface area contributed by atoms with E-state index >= 15 is 0 Å². The molecule has 2 unspecified atom stereocenters. The van der Waals surface area contributed by atoms with E-state index < -0.39 is 26.5 Å². The molecule has 0 saturated carbocycles. The molecule has 0 spiro atoms. The van der Waals surface area contributed by atoms with Gasteiger partial charge in [-0.2, -0.15) is 0 Å². The van der Waals surface area contributed by atoms with Crippen LogP contribution in [-0.4, -0.2) is 49.3 Å². The van der Waals surface area contributed by atoms with Crippen molar-refractivity contribution in [1.29, 1.82) is 0 Å². The Morgan fingerprint density at radius 1 is 0.337 bits per heavy atom. The van der Waals surface area contributed by atoms with Gasteiger partial charge in [0.2, 0.25) is 0 Å². The van der Waals surface area contributed by atoms with Crippen LogP contribution in [0.1, 0.15) is 361 Å². The Morgan fingerprint density at radius 2 is 0.584 bits per heavy atom. The van der Waals surface area contributed by atoms with Crippen LogP contribution in [-0.2, 0) is 32.7 Å². The van der Waals surface area contributed by atoms with E-state index in [4.69, 9.17) is 24.3 Å². The number of ether oxygens (including phenoxy) is 2. The van der Waals surface area contributed by atoms with Crippen LogP contribution in [0.4, 0.5) is 0 Å². The van der Waals surface area contributed by atoms with Crippen molar-refractivity contribution < 1.29 is 37.6 Å². The second-order valence-electron chi connectivity index (χ2n) is 25.1. The molecule has 0 bridgehead atoms. The molecule has 0 amide bonds. The molecule has 0 radical (unpaired) electrons. The predicted octanol–water partition coefficient (Wildman–Crippen LogP) is 25.1. The third-order valence-electron chi connectivity index (χ3n) is 16.5. The highest BCUT2D eigenvalue weighted by Crippen LogP contribution is 2.43.